The Morgan fingerprint density at radius 1 is 0.301 bits per heavy atom. The van der Waals surface area contributed by atoms with E-state index in [1.54, 1.807) is 0 Å². The van der Waals surface area contributed by atoms with Crippen molar-refractivity contribution in [1.82, 2.24) is 0 Å². The maximum absolute atomic E-state index is 12.3. The molecule has 0 saturated heterocycles. The molecule has 6 aliphatic rings. The molecule has 0 aromatic carbocycles. The van der Waals surface area contributed by atoms with Crippen LogP contribution in [0.15, 0.2) is 0 Å². The van der Waals surface area contributed by atoms with Crippen LogP contribution in [0.3, 0.4) is 0 Å². The Hall–Kier alpha value is -3.18. The van der Waals surface area contributed by atoms with Crippen molar-refractivity contribution >= 4 is 35.8 Å². The summed E-state index contributed by atoms with van der Waals surface area (Å²) in [6.45, 7) is 47.0. The predicted octanol–water partition coefficient (Wildman–Crippen LogP) is 23.0. The van der Waals surface area contributed by atoms with Crippen molar-refractivity contribution < 1.29 is 57.2 Å². The van der Waals surface area contributed by atoms with Gasteiger partial charge in [0.1, 0.15) is 33.6 Å². The zero-order valence-electron chi connectivity index (χ0n) is 65.2. The van der Waals surface area contributed by atoms with Gasteiger partial charge in [0.25, 0.3) is 0 Å². The van der Waals surface area contributed by atoms with Crippen molar-refractivity contribution in [2.75, 3.05) is 0 Å². The molecule has 3 unspecified atom stereocenters. The van der Waals surface area contributed by atoms with E-state index in [4.69, 9.17) is 28.4 Å². The van der Waals surface area contributed by atoms with Crippen LogP contribution in [-0.2, 0) is 57.2 Å². The molecule has 12 nitrogen and oxygen atoms in total. The normalized spacial score (nSPS) is 21.4. The highest BCUT2D eigenvalue weighted by Crippen LogP contribution is 2.43. The second-order valence-corrected chi connectivity index (χ2v) is 32.8. The van der Waals surface area contributed by atoms with E-state index in [1.807, 2.05) is 104 Å². The Labute approximate surface area is 573 Å². The van der Waals surface area contributed by atoms with E-state index in [2.05, 4.69) is 55.4 Å². The molecule has 0 heterocycles. The van der Waals surface area contributed by atoms with Gasteiger partial charge in [-0.25, -0.2) is 0 Å². The average Bonchev–Trinajstić information content (AvgIpc) is 0.961. The third-order valence-corrected chi connectivity index (χ3v) is 23.4. The minimum atomic E-state index is -0.348. The molecule has 6 aliphatic carbocycles. The van der Waals surface area contributed by atoms with E-state index in [1.165, 1.54) is 116 Å². The third kappa shape index (κ3) is 29.8. The summed E-state index contributed by atoms with van der Waals surface area (Å²) < 4.78 is 34.7. The minimum Gasteiger partial charge on any atom is -0.459 e. The Kier molecular flexibility index (Phi) is 39.6. The number of esters is 6. The molecule has 93 heavy (non-hydrogen) atoms. The van der Waals surface area contributed by atoms with Gasteiger partial charge < -0.3 is 28.4 Å². The monoisotopic (exact) mass is 1320 g/mol. The van der Waals surface area contributed by atoms with E-state index < -0.39 is 0 Å². The molecule has 0 aliphatic heterocycles. The number of hydrogen-bond donors (Lipinski definition) is 0. The maximum atomic E-state index is 12.3. The summed E-state index contributed by atoms with van der Waals surface area (Å²) in [5.74, 6) is 0.905. The number of carbonyl (C=O) groups excluding carboxylic acids is 6. The highest BCUT2D eigenvalue weighted by atomic mass is 16.6. The average molecular weight is 1320 g/mol. The van der Waals surface area contributed by atoms with Gasteiger partial charge in [0.05, 0.1) is 34.0 Å². The summed E-state index contributed by atoms with van der Waals surface area (Å²) >= 11 is 0. The van der Waals surface area contributed by atoms with Crippen LogP contribution in [0.1, 0.15) is 403 Å². The van der Waals surface area contributed by atoms with E-state index in [9.17, 15) is 28.8 Å². The number of rotatable bonds is 22. The molecule has 0 bridgehead atoms. The van der Waals surface area contributed by atoms with Gasteiger partial charge >= 0.3 is 35.8 Å². The van der Waals surface area contributed by atoms with Gasteiger partial charge in [0.15, 0.2) is 0 Å². The Morgan fingerprint density at radius 2 is 0.538 bits per heavy atom. The minimum absolute atomic E-state index is 0.00116. The lowest BCUT2D eigenvalue weighted by molar-refractivity contribution is -0.180. The second-order valence-electron chi connectivity index (χ2n) is 32.8. The Bertz CT molecular complexity index is 2110. The van der Waals surface area contributed by atoms with Gasteiger partial charge in [0.2, 0.25) is 0 Å². The molecule has 3 atom stereocenters. The molecule has 6 fully saturated rings. The molecule has 0 amide bonds. The van der Waals surface area contributed by atoms with Crippen molar-refractivity contribution in [3.63, 3.8) is 0 Å². The van der Waals surface area contributed by atoms with Gasteiger partial charge in [-0.2, -0.15) is 0 Å². The first kappa shape index (κ1) is 87.8. The summed E-state index contributed by atoms with van der Waals surface area (Å²) in [5, 5.41) is 0. The summed E-state index contributed by atoms with van der Waals surface area (Å²) in [6.07, 6.45) is 41.7. The van der Waals surface area contributed by atoms with Crippen LogP contribution >= 0.6 is 0 Å². The standard InChI is InChI=1S/C15H28O2.2C14H26O2.2C13H24O2.C12H22O2/c1-6-14(4,5)13(16)17-15(12(2)3)10-8-7-9-11-15;1-5-12(4)13(15)16-14(11(2)3)9-7-6-8-10-14;1-5-13(3,4)12(15)16-14(6-2)10-8-7-9-11-14;1-5-12(2,3)11(14)15-13(4)9-7-6-8-10-13;1-4-11(3)12(14)15-13(5-2)9-7-6-8-10-13;1-4-10(2)11(13)14-12(3)8-6-5-7-9-12/h12H,6-11H2,1-5H3;11-12H,5-10H2,1-4H3;5-11H2,1-4H3;5-10H2,1-4H3;11H,4-10H2,1-3H3;10H,4-9H2,1-3H3. The number of hydrogen-bond acceptors (Lipinski definition) is 12. The van der Waals surface area contributed by atoms with Gasteiger partial charge in [-0.3, -0.25) is 28.8 Å². The summed E-state index contributed by atoms with van der Waals surface area (Å²) in [7, 11) is 0. The largest absolute Gasteiger partial charge is 0.459 e. The lowest BCUT2D eigenvalue weighted by Gasteiger charge is -2.42. The molecule has 0 N–H and O–H groups in total. The Balaban J connectivity index is 0.000000559. The number of ether oxygens (including phenoxy) is 6. The van der Waals surface area contributed by atoms with Crippen molar-refractivity contribution in [2.24, 2.45) is 45.8 Å². The predicted molar refractivity (Wildman–Crippen MR) is 384 cm³/mol. The molecule has 0 aromatic heterocycles. The molecule has 0 radical (unpaired) electrons. The fraction of sp³-hybridized carbons (Fsp3) is 0.926. The molecule has 6 rings (SSSR count). The van der Waals surface area contributed by atoms with E-state index >= 15 is 0 Å². The summed E-state index contributed by atoms with van der Waals surface area (Å²) in [4.78, 5) is 71.6. The van der Waals surface area contributed by atoms with Crippen molar-refractivity contribution in [1.29, 1.82) is 0 Å². The van der Waals surface area contributed by atoms with Crippen LogP contribution in [0.25, 0.3) is 0 Å². The fourth-order valence-electron chi connectivity index (χ4n) is 13.1. The van der Waals surface area contributed by atoms with Gasteiger partial charge in [0, 0.05) is 0 Å². The first-order valence-electron chi connectivity index (χ1n) is 38.8. The van der Waals surface area contributed by atoms with E-state index in [0.29, 0.717) is 11.8 Å². The van der Waals surface area contributed by atoms with Crippen LogP contribution < -0.4 is 0 Å². The van der Waals surface area contributed by atoms with Crippen LogP contribution in [0.4, 0.5) is 0 Å². The highest BCUT2D eigenvalue weighted by Gasteiger charge is 2.44. The molecule has 6 saturated carbocycles. The first-order valence-corrected chi connectivity index (χ1v) is 38.8. The van der Waals surface area contributed by atoms with Crippen molar-refractivity contribution in [3.05, 3.63) is 0 Å². The van der Waals surface area contributed by atoms with Crippen LogP contribution in [0, 0.1) is 45.8 Å². The third-order valence-electron chi connectivity index (χ3n) is 23.4. The van der Waals surface area contributed by atoms with Crippen LogP contribution in [0.5, 0.6) is 0 Å². The molecular formula is C81H150O12. The molecule has 0 spiro atoms. The maximum Gasteiger partial charge on any atom is 0.312 e. The molecule has 546 valence electrons. The van der Waals surface area contributed by atoms with Gasteiger partial charge in [-0.1, -0.05) is 142 Å². The molecular weight excluding hydrogens is 1160 g/mol. The lowest BCUT2D eigenvalue weighted by Crippen LogP contribution is -2.45. The highest BCUT2D eigenvalue weighted by molar-refractivity contribution is 5.77. The number of carbonyl (C=O) groups is 6. The summed E-state index contributed by atoms with van der Waals surface area (Å²) in [5.41, 5.74) is -2.01. The van der Waals surface area contributed by atoms with Gasteiger partial charge in [-0.15, -0.1) is 0 Å². The quantitative estimate of drug-likeness (QED) is 0.0747. The summed E-state index contributed by atoms with van der Waals surface area (Å²) in [6, 6.07) is 0. The Morgan fingerprint density at radius 3 is 0.828 bits per heavy atom. The second kappa shape index (κ2) is 41.9. The zero-order valence-corrected chi connectivity index (χ0v) is 65.2. The topological polar surface area (TPSA) is 158 Å². The fourth-order valence-corrected chi connectivity index (χ4v) is 13.1. The lowest BCUT2D eigenvalue weighted by atomic mass is 9.76. The SMILES string of the molecule is CCC(C)(C)C(=O)OC1(C(C)C)CCCCC1.CCC(C)(C)C(=O)OC1(C)CCCCC1.CCC(C)C(=O)OC1(C(C)C)CCCCC1.CCC(C)C(=O)OC1(C)CCCCC1.CCC(C)C(=O)OC1(CC)CCCCC1.CCC1(OC(=O)C(C)(C)CC)CCCCC1. The van der Waals surface area contributed by atoms with Crippen molar-refractivity contribution in [2.45, 2.75) is 437 Å². The van der Waals surface area contributed by atoms with E-state index in [0.717, 1.165) is 128 Å². The first-order chi connectivity index (χ1) is 43.4. The van der Waals surface area contributed by atoms with E-state index in [-0.39, 0.29) is 103 Å². The smallest absolute Gasteiger partial charge is 0.312 e. The molecule has 12 heteroatoms. The zero-order chi connectivity index (χ0) is 71.0. The molecule has 0 aromatic rings. The van der Waals surface area contributed by atoms with Crippen molar-refractivity contribution in [3.8, 4) is 0 Å². The van der Waals surface area contributed by atoms with Crippen LogP contribution in [-0.4, -0.2) is 69.4 Å². The van der Waals surface area contributed by atoms with Crippen LogP contribution in [0.2, 0.25) is 0 Å². The van der Waals surface area contributed by atoms with Gasteiger partial charge in [-0.05, 0) is 273 Å².